The summed E-state index contributed by atoms with van der Waals surface area (Å²) in [5.74, 6) is -0.262. The van der Waals surface area contributed by atoms with Gasteiger partial charge in [0.25, 0.3) is 5.91 Å². The molecule has 2 heterocycles. The number of aromatic nitrogens is 2. The topological polar surface area (TPSA) is 85.1 Å². The van der Waals surface area contributed by atoms with Gasteiger partial charge in [0, 0.05) is 21.2 Å². The van der Waals surface area contributed by atoms with Gasteiger partial charge in [-0.3, -0.25) is 9.59 Å². The Morgan fingerprint density at radius 1 is 1.05 bits per heavy atom. The number of nitrogens with one attached hydrogen (secondary N) is 1. The van der Waals surface area contributed by atoms with E-state index in [1.54, 1.807) is 48.5 Å². The molecule has 184 valence electrons. The number of nitrogens with zero attached hydrogens (tertiary/aromatic N) is 2. The van der Waals surface area contributed by atoms with Gasteiger partial charge in [-0.15, -0.1) is 0 Å². The average molecular weight is 593 g/mol. The molecule has 0 radical (unpaired) electrons. The minimum atomic E-state index is -0.568. The predicted molar refractivity (Wildman–Crippen MR) is 150 cm³/mol. The molecule has 2 aromatic heterocycles. The van der Waals surface area contributed by atoms with Crippen molar-refractivity contribution in [3.8, 4) is 0 Å². The first kappa shape index (κ1) is 25.2. The fraction of sp³-hybridized carbons (Fsp3) is 0.0714. The zero-order chi connectivity index (χ0) is 25.9. The van der Waals surface area contributed by atoms with E-state index in [2.05, 4.69) is 37.3 Å². The summed E-state index contributed by atoms with van der Waals surface area (Å²) < 4.78 is 6.73. The summed E-state index contributed by atoms with van der Waals surface area (Å²) in [6.07, 6.45) is 1.41. The van der Waals surface area contributed by atoms with Crippen LogP contribution in [0.15, 0.2) is 93.0 Å². The molecule has 0 aliphatic heterocycles. The van der Waals surface area contributed by atoms with E-state index < -0.39 is 5.91 Å². The van der Waals surface area contributed by atoms with Gasteiger partial charge in [-0.05, 0) is 48.9 Å². The number of carbonyl (C=O) groups excluding carboxylic acids is 2. The Hall–Kier alpha value is -3.46. The van der Waals surface area contributed by atoms with Crippen LogP contribution in [0.5, 0.6) is 0 Å². The molecule has 0 unspecified atom stereocenters. The number of thioether (sulfide) groups is 1. The van der Waals surface area contributed by atoms with Crippen LogP contribution in [0.3, 0.4) is 0 Å². The van der Waals surface area contributed by atoms with Crippen LogP contribution < -0.4 is 5.32 Å². The van der Waals surface area contributed by atoms with Crippen LogP contribution in [-0.2, 0) is 5.75 Å². The van der Waals surface area contributed by atoms with Crippen molar-refractivity contribution in [1.29, 1.82) is 0 Å². The maximum Gasteiger partial charge on any atom is 0.276 e. The molecule has 0 aliphatic carbocycles. The minimum absolute atomic E-state index is 0.00994. The van der Waals surface area contributed by atoms with Crippen molar-refractivity contribution >= 4 is 67.6 Å². The number of fused-ring (bicyclic) bond motifs is 1. The zero-order valence-electron chi connectivity index (χ0n) is 19.5. The highest BCUT2D eigenvalue weighted by molar-refractivity contribution is 9.10. The molecule has 0 saturated carbocycles. The van der Waals surface area contributed by atoms with Gasteiger partial charge in [-0.25, -0.2) is 9.97 Å². The first-order valence-corrected chi connectivity index (χ1v) is 13.4. The van der Waals surface area contributed by atoms with E-state index in [4.69, 9.17) is 16.0 Å². The lowest BCUT2D eigenvalue weighted by atomic mass is 10.1. The van der Waals surface area contributed by atoms with Crippen molar-refractivity contribution in [2.45, 2.75) is 17.8 Å². The van der Waals surface area contributed by atoms with Crippen LogP contribution in [0.1, 0.15) is 37.7 Å². The first-order chi connectivity index (χ1) is 17.9. The van der Waals surface area contributed by atoms with Gasteiger partial charge in [0.15, 0.2) is 16.6 Å². The number of furan rings is 1. The number of hydrogen-bond donors (Lipinski definition) is 1. The highest BCUT2D eigenvalue weighted by atomic mass is 79.9. The van der Waals surface area contributed by atoms with Gasteiger partial charge in [0.05, 0.1) is 16.9 Å². The van der Waals surface area contributed by atoms with Crippen LogP contribution in [-0.4, -0.2) is 21.7 Å². The summed E-state index contributed by atoms with van der Waals surface area (Å²) in [7, 11) is 0. The first-order valence-electron chi connectivity index (χ1n) is 11.2. The standard InChI is InChI=1S/C28H19BrClN3O3S/c1-16-5-4-6-17(13-16)15-37-28-31-14-21(30)24(33-28)27(35)32-23-20-7-2-3-8-22(20)36-26(23)25(34)18-9-11-19(29)12-10-18/h2-14H,15H2,1H3,(H,32,35). The van der Waals surface area contributed by atoms with Gasteiger partial charge < -0.3 is 9.73 Å². The third kappa shape index (κ3) is 5.61. The Morgan fingerprint density at radius 2 is 1.84 bits per heavy atom. The number of para-hydroxylation sites is 1. The molecular formula is C28H19BrClN3O3S. The van der Waals surface area contributed by atoms with Gasteiger partial charge in [-0.1, -0.05) is 81.3 Å². The molecule has 1 N–H and O–H groups in total. The van der Waals surface area contributed by atoms with Crippen molar-refractivity contribution in [2.24, 2.45) is 0 Å². The molecule has 5 rings (SSSR count). The van der Waals surface area contributed by atoms with Gasteiger partial charge in [0.2, 0.25) is 5.78 Å². The lowest BCUT2D eigenvalue weighted by Gasteiger charge is -2.08. The summed E-state index contributed by atoms with van der Waals surface area (Å²) in [5.41, 5.74) is 3.45. The second-order valence-corrected chi connectivity index (χ2v) is 10.5. The number of aryl methyl sites for hydroxylation is 1. The third-order valence-corrected chi connectivity index (χ3v) is 7.27. The van der Waals surface area contributed by atoms with Crippen LogP contribution >= 0.6 is 39.3 Å². The van der Waals surface area contributed by atoms with Crippen molar-refractivity contribution in [3.63, 3.8) is 0 Å². The zero-order valence-corrected chi connectivity index (χ0v) is 22.7. The number of rotatable bonds is 7. The summed E-state index contributed by atoms with van der Waals surface area (Å²) in [6, 6.07) is 22.2. The van der Waals surface area contributed by atoms with Gasteiger partial charge in [-0.2, -0.15) is 0 Å². The lowest BCUT2D eigenvalue weighted by Crippen LogP contribution is -2.17. The number of carbonyl (C=O) groups is 2. The maximum atomic E-state index is 13.3. The highest BCUT2D eigenvalue weighted by Crippen LogP contribution is 2.33. The van der Waals surface area contributed by atoms with E-state index in [-0.39, 0.29) is 27.9 Å². The smallest absolute Gasteiger partial charge is 0.276 e. The molecule has 0 bridgehead atoms. The number of anilines is 1. The number of ketones is 1. The summed E-state index contributed by atoms with van der Waals surface area (Å²) in [5, 5.41) is 3.93. The summed E-state index contributed by atoms with van der Waals surface area (Å²) in [6.45, 7) is 2.03. The predicted octanol–water partition coefficient (Wildman–Crippen LogP) is 7.72. The maximum absolute atomic E-state index is 13.3. The SMILES string of the molecule is Cc1cccc(CSc2ncc(Cl)c(C(=O)Nc3c(C(=O)c4ccc(Br)cc4)oc4ccccc34)n2)c1. The molecular weight excluding hydrogens is 574 g/mol. The number of hydrogen-bond acceptors (Lipinski definition) is 6. The number of benzene rings is 3. The van der Waals surface area contributed by atoms with Crippen molar-refractivity contribution in [2.75, 3.05) is 5.32 Å². The van der Waals surface area contributed by atoms with Crippen LogP contribution in [0.2, 0.25) is 5.02 Å². The third-order valence-electron chi connectivity index (χ3n) is 5.53. The minimum Gasteiger partial charge on any atom is -0.450 e. The monoisotopic (exact) mass is 591 g/mol. The van der Waals surface area contributed by atoms with E-state index >= 15 is 0 Å². The molecule has 0 spiro atoms. The van der Waals surface area contributed by atoms with Crippen LogP contribution in [0.4, 0.5) is 5.69 Å². The number of amides is 1. The van der Waals surface area contributed by atoms with Crippen molar-refractivity contribution in [3.05, 3.63) is 117 Å². The summed E-state index contributed by atoms with van der Waals surface area (Å²) in [4.78, 5) is 35.3. The fourth-order valence-corrected chi connectivity index (χ4v) is 4.96. The van der Waals surface area contributed by atoms with E-state index in [0.717, 1.165) is 15.6 Å². The lowest BCUT2D eigenvalue weighted by molar-refractivity contribution is 0.101. The van der Waals surface area contributed by atoms with Crippen LogP contribution in [0.25, 0.3) is 11.0 Å². The normalized spacial score (nSPS) is 11.0. The Balaban J connectivity index is 1.44. The molecule has 0 fully saturated rings. The second-order valence-electron chi connectivity index (χ2n) is 8.22. The Bertz CT molecular complexity index is 1640. The molecule has 5 aromatic rings. The van der Waals surface area contributed by atoms with E-state index in [0.29, 0.717) is 27.4 Å². The average Bonchev–Trinajstić information content (AvgIpc) is 3.26. The van der Waals surface area contributed by atoms with Crippen LogP contribution in [0, 0.1) is 6.92 Å². The second kappa shape index (κ2) is 10.9. The molecule has 6 nitrogen and oxygen atoms in total. The molecule has 0 aliphatic rings. The Morgan fingerprint density at radius 3 is 2.62 bits per heavy atom. The molecule has 1 amide bonds. The number of halogens is 2. The quantitative estimate of drug-likeness (QED) is 0.118. The Kier molecular flexibility index (Phi) is 7.41. The molecule has 3 aromatic carbocycles. The van der Waals surface area contributed by atoms with Crippen molar-refractivity contribution in [1.82, 2.24) is 9.97 Å². The fourth-order valence-electron chi connectivity index (χ4n) is 3.76. The molecule has 0 saturated heterocycles. The van der Waals surface area contributed by atoms with Crippen molar-refractivity contribution < 1.29 is 14.0 Å². The Labute approximate surface area is 230 Å². The molecule has 9 heteroatoms. The summed E-state index contributed by atoms with van der Waals surface area (Å²) >= 11 is 11.1. The molecule has 0 atom stereocenters. The van der Waals surface area contributed by atoms with E-state index in [9.17, 15) is 9.59 Å². The molecule has 37 heavy (non-hydrogen) atoms. The largest absolute Gasteiger partial charge is 0.450 e. The van der Waals surface area contributed by atoms with E-state index in [1.807, 2.05) is 25.1 Å². The van der Waals surface area contributed by atoms with Gasteiger partial charge in [0.1, 0.15) is 5.58 Å². The van der Waals surface area contributed by atoms with Gasteiger partial charge >= 0.3 is 0 Å². The highest BCUT2D eigenvalue weighted by Gasteiger charge is 2.25. The van der Waals surface area contributed by atoms with E-state index in [1.165, 1.54) is 18.0 Å².